The third-order valence-corrected chi connectivity index (χ3v) is 2.16. The minimum Gasteiger partial charge on any atom is -0.302 e. The van der Waals surface area contributed by atoms with Crippen LogP contribution in [0.15, 0.2) is 11.6 Å². The Hall–Kier alpha value is -0.380. The number of carbonyl (C=O) groups excluding carboxylic acids is 1. The smallest absolute Gasteiger partial charge is 0.173 e. The molecule has 3 nitrogen and oxygen atoms in total. The van der Waals surface area contributed by atoms with Crippen molar-refractivity contribution in [3.8, 4) is 0 Å². The van der Waals surface area contributed by atoms with Crippen molar-refractivity contribution in [2.24, 2.45) is 0 Å². The molecule has 0 amide bonds. The van der Waals surface area contributed by atoms with Gasteiger partial charge >= 0.3 is 0 Å². The maximum atomic E-state index is 11.6. The second kappa shape index (κ2) is 6.17. The Labute approximate surface area is 92.2 Å². The Kier molecular flexibility index (Phi) is 6.00. The van der Waals surface area contributed by atoms with Gasteiger partial charge in [0.1, 0.15) is 0 Å². The van der Waals surface area contributed by atoms with E-state index in [4.69, 9.17) is 0 Å². The summed E-state index contributed by atoms with van der Waals surface area (Å²) in [6, 6.07) is 0. The minimum atomic E-state index is 0. The van der Waals surface area contributed by atoms with Crippen LogP contribution in [0.3, 0.4) is 0 Å². The van der Waals surface area contributed by atoms with Gasteiger partial charge in [0.05, 0.1) is 6.54 Å². The lowest BCUT2D eigenvalue weighted by Crippen LogP contribution is -2.32. The largest absolute Gasteiger partial charge is 0.302 e. The van der Waals surface area contributed by atoms with E-state index < -0.39 is 0 Å². The molecule has 0 radical (unpaired) electrons. The molecule has 0 fully saturated rings. The molecule has 4 heteroatoms. The van der Waals surface area contributed by atoms with E-state index in [0.717, 1.165) is 25.1 Å². The van der Waals surface area contributed by atoms with Gasteiger partial charge in [-0.15, -0.1) is 12.4 Å². The first-order chi connectivity index (χ1) is 6.09. The molecular formula is C10H19ClN2O. The van der Waals surface area contributed by atoms with Crippen LogP contribution in [0.25, 0.3) is 0 Å². The van der Waals surface area contributed by atoms with E-state index in [1.807, 2.05) is 19.0 Å². The number of ketones is 1. The zero-order valence-corrected chi connectivity index (χ0v) is 9.93. The quantitative estimate of drug-likeness (QED) is 0.700. The average Bonchev–Trinajstić information content (AvgIpc) is 2.03. The van der Waals surface area contributed by atoms with Crippen molar-refractivity contribution in [3.63, 3.8) is 0 Å². The molecule has 0 N–H and O–H groups in total. The molecule has 0 saturated heterocycles. The number of carbonyl (C=O) groups is 1. The number of Topliss-reactive ketones (excluding diaryl/α,β-unsaturated/α-hetero) is 1. The molecule has 0 atom stereocenters. The first-order valence-electron chi connectivity index (χ1n) is 4.65. The minimum absolute atomic E-state index is 0. The van der Waals surface area contributed by atoms with E-state index >= 15 is 0 Å². The molecule has 0 aromatic heterocycles. The van der Waals surface area contributed by atoms with Crippen molar-refractivity contribution in [1.82, 2.24) is 9.80 Å². The summed E-state index contributed by atoms with van der Waals surface area (Å²) in [7, 11) is 5.89. The van der Waals surface area contributed by atoms with E-state index in [1.54, 1.807) is 0 Å². The maximum absolute atomic E-state index is 11.6. The number of likely N-dealkylation sites (N-methyl/N-ethyl adjacent to an activating group) is 2. The summed E-state index contributed by atoms with van der Waals surface area (Å²) in [4.78, 5) is 15.7. The molecule has 0 spiro atoms. The van der Waals surface area contributed by atoms with E-state index in [2.05, 4.69) is 18.0 Å². The molecule has 1 aliphatic heterocycles. The van der Waals surface area contributed by atoms with Gasteiger partial charge < -0.3 is 9.80 Å². The second-order valence-corrected chi connectivity index (χ2v) is 3.92. The highest BCUT2D eigenvalue weighted by Crippen LogP contribution is 2.08. The summed E-state index contributed by atoms with van der Waals surface area (Å²) in [6.45, 7) is 2.41. The van der Waals surface area contributed by atoms with Crippen LogP contribution < -0.4 is 0 Å². The molecule has 0 aromatic carbocycles. The monoisotopic (exact) mass is 218 g/mol. The van der Waals surface area contributed by atoms with Gasteiger partial charge in [0, 0.05) is 18.7 Å². The SMILES string of the molecule is CN(C)CC(=O)C1=CCCN(C)C1.Cl. The second-order valence-electron chi connectivity index (χ2n) is 3.92. The molecule has 82 valence electrons. The van der Waals surface area contributed by atoms with Crippen LogP contribution in [0.2, 0.25) is 0 Å². The topological polar surface area (TPSA) is 23.6 Å². The van der Waals surface area contributed by atoms with Crippen molar-refractivity contribution >= 4 is 18.2 Å². The van der Waals surface area contributed by atoms with Crippen molar-refractivity contribution in [2.75, 3.05) is 40.8 Å². The third kappa shape index (κ3) is 4.22. The van der Waals surface area contributed by atoms with E-state index in [-0.39, 0.29) is 18.2 Å². The number of rotatable bonds is 3. The van der Waals surface area contributed by atoms with Crippen LogP contribution >= 0.6 is 12.4 Å². The number of nitrogens with zero attached hydrogens (tertiary/aromatic N) is 2. The normalized spacial score (nSPS) is 17.6. The molecule has 0 unspecified atom stereocenters. The fourth-order valence-electron chi connectivity index (χ4n) is 1.48. The highest BCUT2D eigenvalue weighted by Gasteiger charge is 2.15. The molecular weight excluding hydrogens is 200 g/mol. The van der Waals surface area contributed by atoms with Gasteiger partial charge in [0.2, 0.25) is 0 Å². The van der Waals surface area contributed by atoms with Gasteiger partial charge in [-0.05, 0) is 27.6 Å². The van der Waals surface area contributed by atoms with Crippen molar-refractivity contribution in [3.05, 3.63) is 11.6 Å². The molecule has 1 aliphatic rings. The van der Waals surface area contributed by atoms with Gasteiger partial charge in [-0.2, -0.15) is 0 Å². The van der Waals surface area contributed by atoms with Gasteiger partial charge in [0.15, 0.2) is 5.78 Å². The lowest BCUT2D eigenvalue weighted by Gasteiger charge is -2.22. The molecule has 0 aliphatic carbocycles. The predicted molar refractivity (Wildman–Crippen MR) is 61.0 cm³/mol. The van der Waals surface area contributed by atoms with Gasteiger partial charge in [-0.3, -0.25) is 4.79 Å². The third-order valence-electron chi connectivity index (χ3n) is 2.16. The summed E-state index contributed by atoms with van der Waals surface area (Å²) in [6.07, 6.45) is 3.08. The highest BCUT2D eigenvalue weighted by molar-refractivity contribution is 5.97. The van der Waals surface area contributed by atoms with Crippen LogP contribution in [0, 0.1) is 0 Å². The van der Waals surface area contributed by atoms with Crippen molar-refractivity contribution < 1.29 is 4.79 Å². The molecule has 0 aromatic rings. The maximum Gasteiger partial charge on any atom is 0.173 e. The molecule has 1 rings (SSSR count). The first-order valence-corrected chi connectivity index (χ1v) is 4.65. The standard InChI is InChI=1S/C10H18N2O.ClH/c1-11(2)8-10(13)9-5-4-6-12(3)7-9;/h5H,4,6-8H2,1-3H3;1H. The van der Waals surface area contributed by atoms with E-state index in [1.165, 1.54) is 0 Å². The Morgan fingerprint density at radius 1 is 1.57 bits per heavy atom. The van der Waals surface area contributed by atoms with Gasteiger partial charge in [-0.25, -0.2) is 0 Å². The summed E-state index contributed by atoms with van der Waals surface area (Å²) < 4.78 is 0. The molecule has 1 heterocycles. The Morgan fingerprint density at radius 3 is 2.71 bits per heavy atom. The Balaban J connectivity index is 0.00000169. The molecule has 0 saturated carbocycles. The Morgan fingerprint density at radius 2 is 2.21 bits per heavy atom. The van der Waals surface area contributed by atoms with Crippen LogP contribution in [-0.2, 0) is 4.79 Å². The van der Waals surface area contributed by atoms with Crippen LogP contribution in [0.1, 0.15) is 6.42 Å². The lowest BCUT2D eigenvalue weighted by molar-refractivity contribution is -0.116. The summed E-state index contributed by atoms with van der Waals surface area (Å²) >= 11 is 0. The van der Waals surface area contributed by atoms with Crippen molar-refractivity contribution in [1.29, 1.82) is 0 Å². The van der Waals surface area contributed by atoms with Gasteiger partial charge in [0.25, 0.3) is 0 Å². The fraction of sp³-hybridized carbons (Fsp3) is 0.700. The average molecular weight is 219 g/mol. The summed E-state index contributed by atoms with van der Waals surface area (Å²) in [5.41, 5.74) is 0.974. The lowest BCUT2D eigenvalue weighted by atomic mass is 10.1. The number of halogens is 1. The number of hydrogen-bond donors (Lipinski definition) is 0. The Bertz CT molecular complexity index is 226. The van der Waals surface area contributed by atoms with Crippen molar-refractivity contribution in [2.45, 2.75) is 6.42 Å². The first kappa shape index (κ1) is 13.6. The molecule has 0 bridgehead atoms. The van der Waals surface area contributed by atoms with E-state index in [9.17, 15) is 4.79 Å². The highest BCUT2D eigenvalue weighted by atomic mass is 35.5. The summed E-state index contributed by atoms with van der Waals surface area (Å²) in [5.74, 6) is 0.261. The zero-order chi connectivity index (χ0) is 9.84. The van der Waals surface area contributed by atoms with Crippen LogP contribution in [0.5, 0.6) is 0 Å². The number of hydrogen-bond acceptors (Lipinski definition) is 3. The summed E-state index contributed by atoms with van der Waals surface area (Å²) in [5, 5.41) is 0. The van der Waals surface area contributed by atoms with Crippen LogP contribution in [0.4, 0.5) is 0 Å². The van der Waals surface area contributed by atoms with Gasteiger partial charge in [-0.1, -0.05) is 6.08 Å². The fourth-order valence-corrected chi connectivity index (χ4v) is 1.48. The van der Waals surface area contributed by atoms with Crippen LogP contribution in [-0.4, -0.2) is 56.4 Å². The predicted octanol–water partition coefficient (Wildman–Crippen LogP) is 0.801. The van der Waals surface area contributed by atoms with E-state index in [0.29, 0.717) is 6.54 Å². The zero-order valence-electron chi connectivity index (χ0n) is 9.12. The molecule has 14 heavy (non-hydrogen) atoms.